The topological polar surface area (TPSA) is 58.6 Å². The van der Waals surface area contributed by atoms with Gasteiger partial charge in [-0.2, -0.15) is 0 Å². The first-order valence-electron chi connectivity index (χ1n) is 6.25. The fourth-order valence-electron chi connectivity index (χ4n) is 2.13. The molecule has 0 radical (unpaired) electrons. The van der Waals surface area contributed by atoms with Crippen molar-refractivity contribution in [1.29, 1.82) is 0 Å². The van der Waals surface area contributed by atoms with E-state index < -0.39 is 5.60 Å². The third kappa shape index (κ3) is 3.76. The van der Waals surface area contributed by atoms with E-state index in [-0.39, 0.29) is 12.5 Å². The highest BCUT2D eigenvalue weighted by Crippen LogP contribution is 2.29. The molecule has 2 N–H and O–H groups in total. The number of carbonyl (C=O) groups excluding carboxylic acids is 1. The van der Waals surface area contributed by atoms with Gasteiger partial charge in [0.05, 0.1) is 12.2 Å². The monoisotopic (exact) mass is 227 g/mol. The first kappa shape index (κ1) is 11.9. The highest BCUT2D eigenvalue weighted by Gasteiger charge is 2.31. The second kappa shape index (κ2) is 5.15. The van der Waals surface area contributed by atoms with Crippen LogP contribution < -0.4 is 5.32 Å². The average Bonchev–Trinajstić information content (AvgIpc) is 2.98. The average molecular weight is 227 g/mol. The zero-order valence-corrected chi connectivity index (χ0v) is 9.71. The molecule has 2 aliphatic carbocycles. The third-order valence-electron chi connectivity index (χ3n) is 3.43. The van der Waals surface area contributed by atoms with Crippen molar-refractivity contribution in [3.05, 3.63) is 0 Å². The Morgan fingerprint density at radius 3 is 2.69 bits per heavy atom. The van der Waals surface area contributed by atoms with Crippen molar-refractivity contribution in [3.8, 4) is 0 Å². The van der Waals surface area contributed by atoms with Gasteiger partial charge in [-0.1, -0.05) is 12.8 Å². The van der Waals surface area contributed by atoms with E-state index in [0.29, 0.717) is 19.1 Å². The van der Waals surface area contributed by atoms with Gasteiger partial charge in [0.15, 0.2) is 0 Å². The van der Waals surface area contributed by atoms with Gasteiger partial charge in [0.25, 0.3) is 0 Å². The minimum atomic E-state index is -0.661. The van der Waals surface area contributed by atoms with Crippen LogP contribution in [-0.4, -0.2) is 36.4 Å². The summed E-state index contributed by atoms with van der Waals surface area (Å²) in [6, 6.07) is 0. The molecule has 16 heavy (non-hydrogen) atoms. The molecule has 2 rings (SSSR count). The molecule has 0 heterocycles. The van der Waals surface area contributed by atoms with Gasteiger partial charge in [0.1, 0.15) is 6.61 Å². The van der Waals surface area contributed by atoms with Crippen LogP contribution in [0.15, 0.2) is 0 Å². The molecular weight excluding hydrogens is 206 g/mol. The smallest absolute Gasteiger partial charge is 0.246 e. The Hall–Kier alpha value is -0.610. The number of carbonyl (C=O) groups is 1. The predicted molar refractivity (Wildman–Crippen MR) is 60.0 cm³/mol. The summed E-state index contributed by atoms with van der Waals surface area (Å²) in [4.78, 5) is 11.4. The lowest BCUT2D eigenvalue weighted by molar-refractivity contribution is -0.127. The molecule has 2 saturated carbocycles. The summed E-state index contributed by atoms with van der Waals surface area (Å²) in [5.41, 5.74) is -0.661. The highest BCUT2D eigenvalue weighted by atomic mass is 16.5. The summed E-state index contributed by atoms with van der Waals surface area (Å²) in [5.74, 6) is 0.577. The molecule has 0 aromatic heterocycles. The summed E-state index contributed by atoms with van der Waals surface area (Å²) in [5, 5.41) is 12.8. The molecule has 1 amide bonds. The second-order valence-electron chi connectivity index (χ2n) is 5.17. The zero-order chi connectivity index (χ0) is 11.4. The zero-order valence-electron chi connectivity index (χ0n) is 9.71. The van der Waals surface area contributed by atoms with E-state index in [2.05, 4.69) is 5.32 Å². The summed E-state index contributed by atoms with van der Waals surface area (Å²) < 4.78 is 5.27. The maximum absolute atomic E-state index is 11.4. The molecule has 0 aromatic rings. The lowest BCUT2D eigenvalue weighted by Gasteiger charge is -2.22. The van der Waals surface area contributed by atoms with Crippen LogP contribution in [0.5, 0.6) is 0 Å². The van der Waals surface area contributed by atoms with E-state index in [4.69, 9.17) is 4.74 Å². The molecule has 0 bridgehead atoms. The Balaban J connectivity index is 1.55. The van der Waals surface area contributed by atoms with Crippen LogP contribution in [0.1, 0.15) is 38.5 Å². The first-order chi connectivity index (χ1) is 7.68. The molecule has 0 unspecified atom stereocenters. The summed E-state index contributed by atoms with van der Waals surface area (Å²) in [6.45, 7) is 1.21. The highest BCUT2D eigenvalue weighted by molar-refractivity contribution is 5.77. The van der Waals surface area contributed by atoms with Gasteiger partial charge >= 0.3 is 0 Å². The quantitative estimate of drug-likeness (QED) is 0.706. The number of rotatable bonds is 6. The van der Waals surface area contributed by atoms with Crippen molar-refractivity contribution in [2.24, 2.45) is 5.92 Å². The largest absolute Gasteiger partial charge is 0.388 e. The Bertz CT molecular complexity index is 245. The SMILES string of the molecule is O=C(COCC1CC1)NCC1(O)CCCC1. The molecule has 0 atom stereocenters. The Morgan fingerprint density at radius 2 is 2.06 bits per heavy atom. The molecule has 0 aromatic carbocycles. The van der Waals surface area contributed by atoms with Crippen molar-refractivity contribution < 1.29 is 14.6 Å². The van der Waals surface area contributed by atoms with Crippen molar-refractivity contribution in [1.82, 2.24) is 5.32 Å². The van der Waals surface area contributed by atoms with Crippen molar-refractivity contribution in [2.45, 2.75) is 44.1 Å². The van der Waals surface area contributed by atoms with E-state index in [1.54, 1.807) is 0 Å². The van der Waals surface area contributed by atoms with E-state index in [9.17, 15) is 9.90 Å². The molecule has 2 aliphatic rings. The van der Waals surface area contributed by atoms with Crippen LogP contribution in [0.25, 0.3) is 0 Å². The van der Waals surface area contributed by atoms with Crippen molar-refractivity contribution in [3.63, 3.8) is 0 Å². The summed E-state index contributed by atoms with van der Waals surface area (Å²) >= 11 is 0. The fourth-order valence-corrected chi connectivity index (χ4v) is 2.13. The number of hydrogen-bond acceptors (Lipinski definition) is 3. The van der Waals surface area contributed by atoms with Gasteiger partial charge in [-0.3, -0.25) is 4.79 Å². The lowest BCUT2D eigenvalue weighted by Crippen LogP contribution is -2.42. The maximum Gasteiger partial charge on any atom is 0.246 e. The molecule has 2 fully saturated rings. The Labute approximate surface area is 96.4 Å². The van der Waals surface area contributed by atoms with Gasteiger partial charge in [-0.25, -0.2) is 0 Å². The molecule has 0 spiro atoms. The van der Waals surface area contributed by atoms with Crippen molar-refractivity contribution in [2.75, 3.05) is 19.8 Å². The molecular formula is C12H21NO3. The Kier molecular flexibility index (Phi) is 3.82. The molecule has 4 nitrogen and oxygen atoms in total. The second-order valence-corrected chi connectivity index (χ2v) is 5.17. The lowest BCUT2D eigenvalue weighted by atomic mass is 10.0. The minimum absolute atomic E-state index is 0.110. The van der Waals surface area contributed by atoms with Crippen LogP contribution in [0.3, 0.4) is 0 Å². The Morgan fingerprint density at radius 1 is 1.38 bits per heavy atom. The van der Waals surface area contributed by atoms with Crippen LogP contribution >= 0.6 is 0 Å². The minimum Gasteiger partial charge on any atom is -0.388 e. The summed E-state index contributed by atoms with van der Waals surface area (Å²) in [7, 11) is 0. The van der Waals surface area contributed by atoms with Gasteiger partial charge in [-0.15, -0.1) is 0 Å². The van der Waals surface area contributed by atoms with E-state index in [1.165, 1.54) is 12.8 Å². The van der Waals surface area contributed by atoms with Crippen molar-refractivity contribution >= 4 is 5.91 Å². The number of nitrogens with one attached hydrogen (secondary N) is 1. The maximum atomic E-state index is 11.4. The standard InChI is InChI=1S/C12H21NO3/c14-11(8-16-7-10-3-4-10)13-9-12(15)5-1-2-6-12/h10,15H,1-9H2,(H,13,14). The van der Waals surface area contributed by atoms with Crippen LogP contribution in [0.4, 0.5) is 0 Å². The first-order valence-corrected chi connectivity index (χ1v) is 6.25. The number of hydrogen-bond donors (Lipinski definition) is 2. The van der Waals surface area contributed by atoms with Crippen LogP contribution in [-0.2, 0) is 9.53 Å². The predicted octanol–water partition coefficient (Wildman–Crippen LogP) is 0.834. The van der Waals surface area contributed by atoms with Gasteiger partial charge < -0.3 is 15.2 Å². The molecule has 0 saturated heterocycles. The number of amides is 1. The molecule has 4 heteroatoms. The van der Waals surface area contributed by atoms with Crippen LogP contribution in [0, 0.1) is 5.92 Å². The van der Waals surface area contributed by atoms with E-state index in [0.717, 1.165) is 25.7 Å². The number of aliphatic hydroxyl groups is 1. The fraction of sp³-hybridized carbons (Fsp3) is 0.917. The van der Waals surface area contributed by atoms with Gasteiger partial charge in [0.2, 0.25) is 5.91 Å². The van der Waals surface area contributed by atoms with Crippen LogP contribution in [0.2, 0.25) is 0 Å². The third-order valence-corrected chi connectivity index (χ3v) is 3.43. The molecule has 0 aliphatic heterocycles. The van der Waals surface area contributed by atoms with Gasteiger partial charge in [-0.05, 0) is 31.6 Å². The van der Waals surface area contributed by atoms with Gasteiger partial charge in [0, 0.05) is 6.54 Å². The normalized spacial score (nSPS) is 23.3. The number of ether oxygens (including phenoxy) is 1. The molecule has 92 valence electrons. The van der Waals surface area contributed by atoms with E-state index >= 15 is 0 Å². The van der Waals surface area contributed by atoms with E-state index in [1.807, 2.05) is 0 Å². The summed E-state index contributed by atoms with van der Waals surface area (Å²) in [6.07, 6.45) is 6.20.